The first-order valence-corrected chi connectivity index (χ1v) is 4.68. The summed E-state index contributed by atoms with van der Waals surface area (Å²) in [4.78, 5) is 0. The lowest BCUT2D eigenvalue weighted by atomic mass is 10.1. The van der Waals surface area contributed by atoms with Crippen LogP contribution in [0.15, 0.2) is 35.5 Å². The SMILES string of the molecule is CCCC1=CCC=C(C(F)(F)F)C=C1. The first kappa shape index (κ1) is 11.1. The Bertz CT molecular complexity index is 279. The van der Waals surface area contributed by atoms with Crippen molar-refractivity contribution in [3.05, 3.63) is 35.5 Å². The van der Waals surface area contributed by atoms with Gasteiger partial charge in [0.05, 0.1) is 5.57 Å². The fourth-order valence-corrected chi connectivity index (χ4v) is 1.35. The van der Waals surface area contributed by atoms with Crippen molar-refractivity contribution in [1.82, 2.24) is 0 Å². The molecule has 3 heteroatoms. The van der Waals surface area contributed by atoms with Gasteiger partial charge in [0.25, 0.3) is 0 Å². The van der Waals surface area contributed by atoms with E-state index >= 15 is 0 Å². The normalized spacial score (nSPS) is 17.4. The van der Waals surface area contributed by atoms with Gasteiger partial charge in [0, 0.05) is 0 Å². The molecule has 0 N–H and O–H groups in total. The van der Waals surface area contributed by atoms with Crippen LogP contribution in [0, 0.1) is 0 Å². The highest BCUT2D eigenvalue weighted by Crippen LogP contribution is 2.29. The molecule has 0 saturated heterocycles. The average molecular weight is 202 g/mol. The van der Waals surface area contributed by atoms with Crippen molar-refractivity contribution >= 4 is 0 Å². The van der Waals surface area contributed by atoms with Gasteiger partial charge in [0.2, 0.25) is 0 Å². The maximum atomic E-state index is 12.3. The van der Waals surface area contributed by atoms with Gasteiger partial charge in [-0.3, -0.25) is 0 Å². The van der Waals surface area contributed by atoms with Gasteiger partial charge >= 0.3 is 6.18 Å². The Kier molecular flexibility index (Phi) is 3.55. The summed E-state index contributed by atoms with van der Waals surface area (Å²) in [6.07, 6.45) is 3.75. The van der Waals surface area contributed by atoms with E-state index in [0.29, 0.717) is 6.42 Å². The van der Waals surface area contributed by atoms with Gasteiger partial charge in [-0.1, -0.05) is 43.2 Å². The van der Waals surface area contributed by atoms with Crippen LogP contribution < -0.4 is 0 Å². The quantitative estimate of drug-likeness (QED) is 0.630. The van der Waals surface area contributed by atoms with Crippen LogP contribution in [-0.4, -0.2) is 6.18 Å². The summed E-state index contributed by atoms with van der Waals surface area (Å²) in [5.74, 6) is 0. The van der Waals surface area contributed by atoms with E-state index in [4.69, 9.17) is 0 Å². The Morgan fingerprint density at radius 1 is 1.21 bits per heavy atom. The third-order valence-electron chi connectivity index (χ3n) is 2.06. The first-order chi connectivity index (χ1) is 6.54. The molecule has 0 aromatic carbocycles. The van der Waals surface area contributed by atoms with Crippen molar-refractivity contribution in [3.63, 3.8) is 0 Å². The van der Waals surface area contributed by atoms with Crippen LogP contribution in [0.5, 0.6) is 0 Å². The standard InChI is InChI=1S/C11H13F3/c1-2-4-9-5-3-6-10(8-7-9)11(12,13)14/h5-8H,2-4H2,1H3. The molecule has 0 spiro atoms. The lowest BCUT2D eigenvalue weighted by molar-refractivity contribution is -0.0883. The van der Waals surface area contributed by atoms with Gasteiger partial charge in [-0.05, 0) is 12.8 Å². The van der Waals surface area contributed by atoms with Gasteiger partial charge in [-0.2, -0.15) is 13.2 Å². The van der Waals surface area contributed by atoms with E-state index in [0.717, 1.165) is 24.5 Å². The summed E-state index contributed by atoms with van der Waals surface area (Å²) >= 11 is 0. The van der Waals surface area contributed by atoms with Gasteiger partial charge in [-0.25, -0.2) is 0 Å². The molecule has 0 atom stereocenters. The smallest absolute Gasteiger partial charge is 0.166 e. The zero-order valence-corrected chi connectivity index (χ0v) is 8.06. The number of rotatable bonds is 2. The summed E-state index contributed by atoms with van der Waals surface area (Å²) < 4.78 is 36.9. The molecular formula is C11H13F3. The molecule has 0 heterocycles. The van der Waals surface area contributed by atoms with Crippen LogP contribution in [-0.2, 0) is 0 Å². The molecule has 14 heavy (non-hydrogen) atoms. The molecule has 0 nitrogen and oxygen atoms in total. The molecule has 0 fully saturated rings. The van der Waals surface area contributed by atoms with Gasteiger partial charge in [0.1, 0.15) is 0 Å². The topological polar surface area (TPSA) is 0 Å². The average Bonchev–Trinajstić information content (AvgIpc) is 2.29. The number of alkyl halides is 3. The van der Waals surface area contributed by atoms with Crippen LogP contribution in [0.2, 0.25) is 0 Å². The summed E-state index contributed by atoms with van der Waals surface area (Å²) in [7, 11) is 0. The highest BCUT2D eigenvalue weighted by molar-refractivity contribution is 5.34. The molecule has 0 aromatic heterocycles. The molecule has 1 rings (SSSR count). The minimum atomic E-state index is -4.22. The second-order valence-electron chi connectivity index (χ2n) is 3.26. The number of hydrogen-bond acceptors (Lipinski definition) is 0. The maximum Gasteiger partial charge on any atom is 0.416 e. The van der Waals surface area contributed by atoms with Crippen molar-refractivity contribution < 1.29 is 13.2 Å². The fraction of sp³-hybridized carbons (Fsp3) is 0.455. The van der Waals surface area contributed by atoms with Crippen LogP contribution in [0.25, 0.3) is 0 Å². The third-order valence-corrected chi connectivity index (χ3v) is 2.06. The van der Waals surface area contributed by atoms with E-state index in [9.17, 15) is 13.2 Å². The van der Waals surface area contributed by atoms with E-state index in [1.54, 1.807) is 6.08 Å². The van der Waals surface area contributed by atoms with Crippen molar-refractivity contribution in [3.8, 4) is 0 Å². The Balaban J connectivity index is 2.73. The minimum absolute atomic E-state index is 0.372. The molecule has 0 saturated carbocycles. The Hall–Kier alpha value is -0.990. The van der Waals surface area contributed by atoms with E-state index in [-0.39, 0.29) is 0 Å². The van der Waals surface area contributed by atoms with Crippen LogP contribution >= 0.6 is 0 Å². The molecule has 0 unspecified atom stereocenters. The molecule has 0 amide bonds. The summed E-state index contributed by atoms with van der Waals surface area (Å²) in [5, 5.41) is 0. The summed E-state index contributed by atoms with van der Waals surface area (Å²) in [6.45, 7) is 2.01. The number of hydrogen-bond donors (Lipinski definition) is 0. The predicted octanol–water partition coefficient (Wildman–Crippen LogP) is 4.16. The monoisotopic (exact) mass is 202 g/mol. The first-order valence-electron chi connectivity index (χ1n) is 4.68. The molecule has 78 valence electrons. The van der Waals surface area contributed by atoms with Gasteiger partial charge in [0.15, 0.2) is 0 Å². The molecule has 0 bridgehead atoms. The molecule has 0 aromatic rings. The third kappa shape index (κ3) is 3.05. The minimum Gasteiger partial charge on any atom is -0.166 e. The van der Waals surface area contributed by atoms with E-state index < -0.39 is 11.7 Å². The Morgan fingerprint density at radius 2 is 1.93 bits per heavy atom. The van der Waals surface area contributed by atoms with Gasteiger partial charge < -0.3 is 0 Å². The molecule has 1 aliphatic carbocycles. The Morgan fingerprint density at radius 3 is 2.50 bits per heavy atom. The largest absolute Gasteiger partial charge is 0.416 e. The highest BCUT2D eigenvalue weighted by Gasteiger charge is 2.31. The van der Waals surface area contributed by atoms with Crippen molar-refractivity contribution in [2.45, 2.75) is 32.4 Å². The zero-order valence-electron chi connectivity index (χ0n) is 8.06. The second kappa shape index (κ2) is 4.49. The summed E-state index contributed by atoms with van der Waals surface area (Å²) in [5.41, 5.74) is 0.447. The van der Waals surface area contributed by atoms with Crippen LogP contribution in [0.1, 0.15) is 26.2 Å². The predicted molar refractivity (Wildman–Crippen MR) is 50.9 cm³/mol. The number of halogens is 3. The van der Waals surface area contributed by atoms with E-state index in [1.165, 1.54) is 6.08 Å². The lowest BCUT2D eigenvalue weighted by Crippen LogP contribution is -2.09. The van der Waals surface area contributed by atoms with Crippen LogP contribution in [0.3, 0.4) is 0 Å². The molecule has 1 aliphatic rings. The second-order valence-corrected chi connectivity index (χ2v) is 3.26. The van der Waals surface area contributed by atoms with E-state index in [2.05, 4.69) is 0 Å². The van der Waals surface area contributed by atoms with Crippen molar-refractivity contribution in [1.29, 1.82) is 0 Å². The maximum absolute atomic E-state index is 12.3. The van der Waals surface area contributed by atoms with Crippen molar-refractivity contribution in [2.24, 2.45) is 0 Å². The zero-order chi connectivity index (χ0) is 10.6. The highest BCUT2D eigenvalue weighted by atomic mass is 19.4. The molecule has 0 aliphatic heterocycles. The number of allylic oxidation sites excluding steroid dienone is 6. The summed E-state index contributed by atoms with van der Waals surface area (Å²) in [6, 6.07) is 0. The van der Waals surface area contributed by atoms with Gasteiger partial charge in [-0.15, -0.1) is 0 Å². The Labute approximate surface area is 81.8 Å². The lowest BCUT2D eigenvalue weighted by Gasteiger charge is -2.05. The van der Waals surface area contributed by atoms with Crippen molar-refractivity contribution in [2.75, 3.05) is 0 Å². The molecular weight excluding hydrogens is 189 g/mol. The fourth-order valence-electron chi connectivity index (χ4n) is 1.35. The van der Waals surface area contributed by atoms with E-state index in [1.807, 2.05) is 13.0 Å². The van der Waals surface area contributed by atoms with Crippen LogP contribution in [0.4, 0.5) is 13.2 Å². The molecule has 0 radical (unpaired) electrons.